The van der Waals surface area contributed by atoms with E-state index in [0.29, 0.717) is 27.5 Å². The van der Waals surface area contributed by atoms with Gasteiger partial charge in [-0.25, -0.2) is 9.98 Å². The Labute approximate surface area is 222 Å². The van der Waals surface area contributed by atoms with Crippen molar-refractivity contribution in [1.29, 1.82) is 0 Å². The molecule has 1 aliphatic carbocycles. The zero-order valence-corrected chi connectivity index (χ0v) is 22.9. The molecule has 8 nitrogen and oxygen atoms in total. The van der Waals surface area contributed by atoms with Crippen molar-refractivity contribution < 1.29 is 9.47 Å². The fourth-order valence-electron chi connectivity index (χ4n) is 5.17. The van der Waals surface area contributed by atoms with Gasteiger partial charge in [0.1, 0.15) is 11.5 Å². The monoisotopic (exact) mass is 530 g/mol. The molecule has 2 unspecified atom stereocenters. The van der Waals surface area contributed by atoms with Crippen molar-refractivity contribution >= 4 is 46.5 Å². The number of hydrogen-bond acceptors (Lipinski definition) is 8. The van der Waals surface area contributed by atoms with Crippen LogP contribution in [0.4, 0.5) is 11.4 Å². The van der Waals surface area contributed by atoms with Gasteiger partial charge in [-0.05, 0) is 58.1 Å². The SMILES string of the molecule is COc1cc(Cl)c(C)c2c1NC(NN(C1=NC(C)c3c(C)c(Cl)cc(OC)c3N1)C1CCC1)=NC2C. The smallest absolute Gasteiger partial charge is 0.218 e. The van der Waals surface area contributed by atoms with Crippen molar-refractivity contribution in [2.45, 2.75) is 65.1 Å². The van der Waals surface area contributed by atoms with Crippen LogP contribution in [0.2, 0.25) is 10.0 Å². The van der Waals surface area contributed by atoms with Crippen LogP contribution in [-0.4, -0.2) is 37.2 Å². The normalized spacial score (nSPS) is 20.6. The quantitative estimate of drug-likeness (QED) is 0.399. The highest BCUT2D eigenvalue weighted by Gasteiger charge is 2.35. The van der Waals surface area contributed by atoms with Crippen molar-refractivity contribution in [2.75, 3.05) is 24.9 Å². The number of methoxy groups -OCH3 is 2. The van der Waals surface area contributed by atoms with Gasteiger partial charge >= 0.3 is 0 Å². The van der Waals surface area contributed by atoms with Gasteiger partial charge in [0.15, 0.2) is 0 Å². The molecule has 1 saturated carbocycles. The first kappa shape index (κ1) is 24.8. The summed E-state index contributed by atoms with van der Waals surface area (Å²) in [6.45, 7) is 8.16. The first-order valence-corrected chi connectivity index (χ1v) is 13.0. The molecule has 2 aromatic carbocycles. The van der Waals surface area contributed by atoms with E-state index in [-0.39, 0.29) is 18.1 Å². The van der Waals surface area contributed by atoms with Crippen LogP contribution in [0.1, 0.15) is 67.4 Å². The minimum Gasteiger partial charge on any atom is -0.495 e. The van der Waals surface area contributed by atoms with Gasteiger partial charge in [-0.1, -0.05) is 23.2 Å². The van der Waals surface area contributed by atoms with Crippen LogP contribution >= 0.6 is 23.2 Å². The number of halogens is 2. The Kier molecular flexibility index (Phi) is 6.59. The number of nitrogens with zero attached hydrogens (tertiary/aromatic N) is 3. The standard InChI is InChI=1S/C26H32Cl2N6O2/c1-12-17(27)10-19(35-5)23-21(12)14(3)29-25(31-23)33-34(16-8-7-9-16)26-30-15(4)22-13(2)18(28)11-20(36-6)24(22)32-26/h10-11,14-16H,7-9H2,1-6H3,(H,30,32)(H2,29,31,33). The summed E-state index contributed by atoms with van der Waals surface area (Å²) < 4.78 is 11.3. The molecule has 5 rings (SSSR count). The summed E-state index contributed by atoms with van der Waals surface area (Å²) in [5, 5.41) is 10.4. The Morgan fingerprint density at radius 1 is 0.889 bits per heavy atom. The maximum absolute atomic E-state index is 6.48. The largest absolute Gasteiger partial charge is 0.495 e. The number of ether oxygens (including phenoxy) is 2. The van der Waals surface area contributed by atoms with E-state index in [0.717, 1.165) is 52.4 Å². The third-order valence-corrected chi connectivity index (χ3v) is 8.15. The number of hydrogen-bond donors (Lipinski definition) is 3. The fraction of sp³-hybridized carbons (Fsp3) is 0.462. The molecule has 0 saturated heterocycles. The summed E-state index contributed by atoms with van der Waals surface area (Å²) in [5.41, 5.74) is 9.38. The summed E-state index contributed by atoms with van der Waals surface area (Å²) in [4.78, 5) is 9.94. The Hall–Kier alpha value is -2.84. The van der Waals surface area contributed by atoms with Gasteiger partial charge in [0.25, 0.3) is 0 Å². The minimum atomic E-state index is -0.106. The van der Waals surface area contributed by atoms with Gasteiger partial charge in [0.2, 0.25) is 11.9 Å². The van der Waals surface area contributed by atoms with Crippen LogP contribution < -0.4 is 25.5 Å². The molecule has 0 spiro atoms. The van der Waals surface area contributed by atoms with E-state index >= 15 is 0 Å². The molecule has 2 aromatic rings. The van der Waals surface area contributed by atoms with E-state index in [9.17, 15) is 0 Å². The van der Waals surface area contributed by atoms with E-state index in [2.05, 4.69) is 34.9 Å². The van der Waals surface area contributed by atoms with Crippen LogP contribution in [0.5, 0.6) is 11.5 Å². The van der Waals surface area contributed by atoms with E-state index in [1.807, 2.05) is 26.0 Å². The van der Waals surface area contributed by atoms with Crippen LogP contribution in [0.15, 0.2) is 22.1 Å². The number of hydrazine groups is 1. The molecule has 0 amide bonds. The molecule has 1 fully saturated rings. The van der Waals surface area contributed by atoms with Crippen LogP contribution in [0.25, 0.3) is 0 Å². The van der Waals surface area contributed by atoms with Crippen molar-refractivity contribution in [3.8, 4) is 11.5 Å². The average molecular weight is 531 g/mol. The highest BCUT2D eigenvalue weighted by Crippen LogP contribution is 2.44. The van der Waals surface area contributed by atoms with Gasteiger partial charge in [0, 0.05) is 33.3 Å². The highest BCUT2D eigenvalue weighted by molar-refractivity contribution is 6.32. The fourth-order valence-corrected chi connectivity index (χ4v) is 5.57. The molecule has 0 bridgehead atoms. The number of nitrogens with one attached hydrogen (secondary N) is 3. The number of fused-ring (bicyclic) bond motifs is 2. The zero-order valence-electron chi connectivity index (χ0n) is 21.4. The molecule has 2 atom stereocenters. The summed E-state index contributed by atoms with van der Waals surface area (Å²) in [5.74, 6) is 2.73. The van der Waals surface area contributed by atoms with Crippen molar-refractivity contribution in [3.05, 3.63) is 44.4 Å². The molecule has 2 aliphatic heterocycles. The number of benzene rings is 2. The molecule has 3 N–H and O–H groups in total. The third-order valence-electron chi connectivity index (χ3n) is 7.36. The zero-order chi connectivity index (χ0) is 25.7. The molecule has 3 aliphatic rings. The maximum Gasteiger partial charge on any atom is 0.218 e. The van der Waals surface area contributed by atoms with Gasteiger partial charge in [-0.2, -0.15) is 0 Å². The van der Waals surface area contributed by atoms with Gasteiger partial charge in [-0.3, -0.25) is 10.4 Å². The van der Waals surface area contributed by atoms with Gasteiger partial charge in [0.05, 0.1) is 43.7 Å². The molecule has 2 heterocycles. The Balaban J connectivity index is 1.49. The first-order valence-electron chi connectivity index (χ1n) is 12.2. The van der Waals surface area contributed by atoms with Crippen molar-refractivity contribution in [1.82, 2.24) is 10.4 Å². The average Bonchev–Trinajstić information content (AvgIpc) is 2.81. The third kappa shape index (κ3) is 4.10. The Morgan fingerprint density at radius 2 is 1.42 bits per heavy atom. The molecule has 0 aromatic heterocycles. The second kappa shape index (κ2) is 9.56. The van der Waals surface area contributed by atoms with Crippen LogP contribution in [-0.2, 0) is 0 Å². The lowest BCUT2D eigenvalue weighted by Gasteiger charge is -2.42. The van der Waals surface area contributed by atoms with E-state index in [1.165, 1.54) is 6.42 Å². The molecule has 10 heteroatoms. The van der Waals surface area contributed by atoms with Gasteiger partial charge in [-0.15, -0.1) is 0 Å². The summed E-state index contributed by atoms with van der Waals surface area (Å²) in [7, 11) is 3.30. The van der Waals surface area contributed by atoms with Crippen molar-refractivity contribution in [2.24, 2.45) is 9.98 Å². The summed E-state index contributed by atoms with van der Waals surface area (Å²) in [6.07, 6.45) is 3.29. The number of aliphatic imine (C=N–C) groups is 2. The van der Waals surface area contributed by atoms with Crippen LogP contribution in [0.3, 0.4) is 0 Å². The van der Waals surface area contributed by atoms with E-state index in [4.69, 9.17) is 42.7 Å². The second-order valence-electron chi connectivity index (χ2n) is 9.55. The van der Waals surface area contributed by atoms with E-state index < -0.39 is 0 Å². The maximum atomic E-state index is 6.48. The Morgan fingerprint density at radius 3 is 1.92 bits per heavy atom. The van der Waals surface area contributed by atoms with E-state index in [1.54, 1.807) is 14.2 Å². The predicted molar refractivity (Wildman–Crippen MR) is 147 cm³/mol. The number of rotatable bonds is 3. The first-order chi connectivity index (χ1) is 17.2. The minimum absolute atomic E-state index is 0.0981. The lowest BCUT2D eigenvalue weighted by atomic mass is 9.92. The number of anilines is 2. The van der Waals surface area contributed by atoms with Crippen molar-refractivity contribution in [3.63, 3.8) is 0 Å². The summed E-state index contributed by atoms with van der Waals surface area (Å²) >= 11 is 12.9. The van der Waals surface area contributed by atoms with Crippen LogP contribution in [0, 0.1) is 13.8 Å². The van der Waals surface area contributed by atoms with Gasteiger partial charge < -0.3 is 20.1 Å². The molecular formula is C26H32Cl2N6O2. The molecule has 36 heavy (non-hydrogen) atoms. The Bertz CT molecular complexity index is 1270. The molecule has 192 valence electrons. The predicted octanol–water partition coefficient (Wildman–Crippen LogP) is 6.37. The number of guanidine groups is 2. The summed E-state index contributed by atoms with van der Waals surface area (Å²) in [6, 6.07) is 3.77. The lowest BCUT2D eigenvalue weighted by Crippen LogP contribution is -2.58. The second-order valence-corrected chi connectivity index (χ2v) is 10.4. The molecule has 0 radical (unpaired) electrons. The molecular weight excluding hydrogens is 499 g/mol. The highest BCUT2D eigenvalue weighted by atomic mass is 35.5. The topological polar surface area (TPSA) is 82.5 Å². The lowest BCUT2D eigenvalue weighted by molar-refractivity contribution is 0.181.